The van der Waals surface area contributed by atoms with E-state index >= 15 is 0 Å². The lowest BCUT2D eigenvalue weighted by Gasteiger charge is -2.52. The Labute approximate surface area is 239 Å². The molecule has 5 fully saturated rings. The van der Waals surface area contributed by atoms with Crippen LogP contribution in [-0.2, 0) is 17.8 Å². The topological polar surface area (TPSA) is 74.4 Å². The number of ether oxygens (including phenoxy) is 2. The van der Waals surface area contributed by atoms with Crippen molar-refractivity contribution < 1.29 is 14.3 Å². The largest absolute Gasteiger partial charge is 0.494 e. The number of pyridine rings is 1. The number of methoxy groups -OCH3 is 2. The molecule has 8 nitrogen and oxygen atoms in total. The number of amides is 1. The number of carbonyl (C=O) groups is 1. The predicted octanol–water partition coefficient (Wildman–Crippen LogP) is 5.38. The van der Waals surface area contributed by atoms with Gasteiger partial charge in [0.05, 0.1) is 24.4 Å². The summed E-state index contributed by atoms with van der Waals surface area (Å²) in [5.41, 5.74) is 4.60. The Morgan fingerprint density at radius 3 is 2.61 bits per heavy atom. The Hall–Kier alpha value is -3.39. The van der Waals surface area contributed by atoms with Crippen molar-refractivity contribution in [3.63, 3.8) is 0 Å². The molecule has 1 saturated heterocycles. The number of rotatable bonds is 8. The number of carbonyl (C=O) groups excluding carboxylic acids is 1. The van der Waals surface area contributed by atoms with E-state index in [-0.39, 0.29) is 5.91 Å². The highest BCUT2D eigenvalue weighted by Gasteiger charge is 2.61. The Balaban J connectivity index is 1.18. The van der Waals surface area contributed by atoms with Gasteiger partial charge in [0, 0.05) is 49.9 Å². The summed E-state index contributed by atoms with van der Waals surface area (Å²) in [6.07, 6.45) is 9.31. The molecule has 3 aromatic heterocycles. The summed E-state index contributed by atoms with van der Waals surface area (Å²) in [4.78, 5) is 26.1. The molecule has 4 heterocycles. The molecule has 4 atom stereocenters. The van der Waals surface area contributed by atoms with Crippen molar-refractivity contribution >= 4 is 28.0 Å². The van der Waals surface area contributed by atoms with Crippen molar-refractivity contribution in [2.45, 2.75) is 63.8 Å². The Kier molecular flexibility index (Phi) is 5.20. The van der Waals surface area contributed by atoms with E-state index in [1.54, 1.807) is 14.2 Å². The molecule has 4 aliphatic carbocycles. The lowest BCUT2D eigenvalue weighted by atomic mass is 9.53. The third-order valence-corrected chi connectivity index (χ3v) is 11.0. The van der Waals surface area contributed by atoms with Crippen LogP contribution in [0.3, 0.4) is 0 Å². The number of aromatic nitrogens is 4. The van der Waals surface area contributed by atoms with Crippen LogP contribution in [0.1, 0.15) is 48.9 Å². The Bertz CT molecular complexity index is 1700. The minimum Gasteiger partial charge on any atom is -0.494 e. The quantitative estimate of drug-likeness (QED) is 0.294. The average molecular weight is 552 g/mol. The molecule has 4 saturated carbocycles. The van der Waals surface area contributed by atoms with Crippen LogP contribution in [-0.4, -0.2) is 62.8 Å². The Morgan fingerprint density at radius 1 is 1.00 bits per heavy atom. The number of hydrogen-bond donors (Lipinski definition) is 0. The van der Waals surface area contributed by atoms with Gasteiger partial charge in [-0.2, -0.15) is 0 Å². The molecule has 1 aromatic carbocycles. The first-order valence-corrected chi connectivity index (χ1v) is 15.5. The lowest BCUT2D eigenvalue weighted by Crippen LogP contribution is -2.53. The molecule has 8 heteroatoms. The van der Waals surface area contributed by atoms with Crippen molar-refractivity contribution in [3.05, 3.63) is 42.1 Å². The van der Waals surface area contributed by atoms with E-state index in [1.807, 2.05) is 24.4 Å². The van der Waals surface area contributed by atoms with Crippen LogP contribution < -0.4 is 4.74 Å². The molecule has 0 radical (unpaired) electrons. The number of hydrogen-bond acceptors (Lipinski definition) is 5. The second kappa shape index (κ2) is 8.81. The summed E-state index contributed by atoms with van der Waals surface area (Å²) >= 11 is 0. The summed E-state index contributed by atoms with van der Waals surface area (Å²) in [5, 5.41) is 1.13. The van der Waals surface area contributed by atoms with Crippen LogP contribution in [0.15, 0.2) is 36.5 Å². The van der Waals surface area contributed by atoms with Gasteiger partial charge in [-0.05, 0) is 98.4 Å². The fraction of sp³-hybridized carbons (Fsp3) is 0.545. The van der Waals surface area contributed by atoms with E-state index in [9.17, 15) is 4.79 Å². The number of imidazole rings is 1. The normalized spacial score (nSPS) is 29.8. The highest BCUT2D eigenvalue weighted by atomic mass is 16.5. The van der Waals surface area contributed by atoms with Gasteiger partial charge in [-0.25, -0.2) is 9.97 Å². The van der Waals surface area contributed by atoms with Gasteiger partial charge < -0.3 is 23.5 Å². The molecule has 9 rings (SSSR count). The zero-order chi connectivity index (χ0) is 27.4. The maximum absolute atomic E-state index is 13.9. The number of likely N-dealkylation sites (tertiary alicyclic amines) is 1. The van der Waals surface area contributed by atoms with Gasteiger partial charge in [0.2, 0.25) is 0 Å². The SMILES string of the molecule is COc1cc(C(=O)N2C[C@H]3CC4C[C@@H]2[C@H]43)cc2nc(-c3cc4cccnc4n3CC3CC3)n(C[C@H]3C[C@H](OC)C3)c12. The molecule has 1 unspecified atom stereocenters. The van der Waals surface area contributed by atoms with Crippen LogP contribution >= 0.6 is 0 Å². The van der Waals surface area contributed by atoms with Crippen LogP contribution in [0.4, 0.5) is 0 Å². The van der Waals surface area contributed by atoms with Crippen molar-refractivity contribution in [2.75, 3.05) is 20.8 Å². The van der Waals surface area contributed by atoms with Gasteiger partial charge >= 0.3 is 0 Å². The fourth-order valence-electron chi connectivity index (χ4n) is 8.54. The Morgan fingerprint density at radius 2 is 1.85 bits per heavy atom. The van der Waals surface area contributed by atoms with Gasteiger partial charge in [-0.1, -0.05) is 0 Å². The molecule has 1 amide bonds. The third-order valence-electron chi connectivity index (χ3n) is 11.0. The first kappa shape index (κ1) is 24.2. The summed E-state index contributed by atoms with van der Waals surface area (Å²) in [7, 11) is 3.52. The van der Waals surface area contributed by atoms with Crippen molar-refractivity contribution in [3.8, 4) is 17.3 Å². The molecule has 5 aliphatic rings. The zero-order valence-corrected chi connectivity index (χ0v) is 23.8. The predicted molar refractivity (Wildman–Crippen MR) is 156 cm³/mol. The van der Waals surface area contributed by atoms with E-state index in [2.05, 4.69) is 26.2 Å². The molecule has 0 spiro atoms. The molecule has 4 aromatic rings. The van der Waals surface area contributed by atoms with Crippen LogP contribution in [0, 0.1) is 29.6 Å². The highest BCUT2D eigenvalue weighted by molar-refractivity contribution is 6.00. The van der Waals surface area contributed by atoms with Crippen LogP contribution in [0.2, 0.25) is 0 Å². The lowest BCUT2D eigenvalue weighted by molar-refractivity contribution is -0.0204. The van der Waals surface area contributed by atoms with Gasteiger partial charge in [-0.3, -0.25) is 4.79 Å². The van der Waals surface area contributed by atoms with Gasteiger partial charge in [0.15, 0.2) is 5.82 Å². The van der Waals surface area contributed by atoms with Crippen LogP contribution in [0.5, 0.6) is 5.75 Å². The molecule has 212 valence electrons. The minimum absolute atomic E-state index is 0.133. The highest BCUT2D eigenvalue weighted by Crippen LogP contribution is 2.60. The van der Waals surface area contributed by atoms with Crippen molar-refractivity contribution in [2.24, 2.45) is 29.6 Å². The van der Waals surface area contributed by atoms with Gasteiger partial charge in [-0.15, -0.1) is 0 Å². The van der Waals surface area contributed by atoms with Crippen molar-refractivity contribution in [1.29, 1.82) is 0 Å². The maximum Gasteiger partial charge on any atom is 0.254 e. The molecular formula is C33H37N5O3. The van der Waals surface area contributed by atoms with Gasteiger partial charge in [0.1, 0.15) is 16.9 Å². The second-order valence-corrected chi connectivity index (χ2v) is 13.4. The molecule has 1 aliphatic heterocycles. The van der Waals surface area contributed by atoms with Gasteiger partial charge in [0.25, 0.3) is 5.91 Å². The van der Waals surface area contributed by atoms with E-state index in [0.29, 0.717) is 35.5 Å². The molecule has 41 heavy (non-hydrogen) atoms. The molecular weight excluding hydrogens is 514 g/mol. The fourth-order valence-corrected chi connectivity index (χ4v) is 8.54. The van der Waals surface area contributed by atoms with E-state index in [4.69, 9.17) is 19.4 Å². The van der Waals surface area contributed by atoms with E-state index in [0.717, 1.165) is 83.6 Å². The number of fused-ring (bicyclic) bond motifs is 2. The third kappa shape index (κ3) is 3.58. The minimum atomic E-state index is 0.133. The summed E-state index contributed by atoms with van der Waals surface area (Å²) in [5.74, 6) is 5.31. The smallest absolute Gasteiger partial charge is 0.254 e. The van der Waals surface area contributed by atoms with E-state index < -0.39 is 0 Å². The standard InChI is InChI=1S/C33H37N5O3/c1-40-24-8-19(9-24)16-38-30-25(35-32(38)27-12-20-4-3-7-34-31(20)36(27)15-18-5-6-18)11-22(14-28(30)41-2)33(39)37-17-23-10-21-13-26(37)29(21)23/h3-4,7,11-12,14,18-19,21,23-24,26,29H,5-6,8-10,13,15-17H2,1-2H3/t19-,21?,23-,24-,26-,29-/m1/s1. The van der Waals surface area contributed by atoms with Crippen molar-refractivity contribution in [1.82, 2.24) is 24.0 Å². The maximum atomic E-state index is 13.9. The second-order valence-electron chi connectivity index (χ2n) is 13.4. The first-order valence-electron chi connectivity index (χ1n) is 15.5. The van der Waals surface area contributed by atoms with Crippen LogP contribution in [0.25, 0.3) is 33.6 Å². The monoisotopic (exact) mass is 551 g/mol. The zero-order valence-electron chi connectivity index (χ0n) is 23.8. The summed E-state index contributed by atoms with van der Waals surface area (Å²) in [6.45, 7) is 2.70. The van der Waals surface area contributed by atoms with E-state index in [1.165, 1.54) is 25.7 Å². The number of benzene rings is 1. The summed E-state index contributed by atoms with van der Waals surface area (Å²) < 4.78 is 16.4. The summed E-state index contributed by atoms with van der Waals surface area (Å²) in [6, 6.07) is 10.8. The first-order chi connectivity index (χ1) is 20.1. The molecule has 0 N–H and O–H groups in total. The molecule has 0 bridgehead atoms. The number of nitrogens with zero attached hydrogens (tertiary/aromatic N) is 5. The average Bonchev–Trinajstić information content (AvgIpc) is 3.60.